The molecule has 20 heavy (non-hydrogen) atoms. The summed E-state index contributed by atoms with van der Waals surface area (Å²) >= 11 is 0. The fourth-order valence-corrected chi connectivity index (χ4v) is 2.78. The molecule has 5 heteroatoms. The zero-order chi connectivity index (χ0) is 15.7. The third-order valence-electron chi connectivity index (χ3n) is 4.87. The molecule has 0 aromatic rings. The van der Waals surface area contributed by atoms with Crippen LogP contribution in [0.4, 0.5) is 0 Å². The van der Waals surface area contributed by atoms with Gasteiger partial charge in [-0.15, -0.1) is 0 Å². The van der Waals surface area contributed by atoms with Crippen LogP contribution in [0.25, 0.3) is 0 Å². The lowest BCUT2D eigenvalue weighted by atomic mass is 9.76. The number of carbonyl (C=O) groups is 2. The van der Waals surface area contributed by atoms with E-state index in [1.165, 1.54) is 0 Å². The molecule has 1 heterocycles. The van der Waals surface area contributed by atoms with Crippen LogP contribution in [0.15, 0.2) is 0 Å². The molecule has 1 N–H and O–H groups in total. The molecule has 1 fully saturated rings. The third-order valence-corrected chi connectivity index (χ3v) is 4.87. The lowest BCUT2D eigenvalue weighted by Gasteiger charge is -2.30. The predicted octanol–water partition coefficient (Wildman–Crippen LogP) is 1.53. The summed E-state index contributed by atoms with van der Waals surface area (Å²) in [6.07, 6.45) is 0.0763. The number of carboxylic acids is 1. The zero-order valence-corrected chi connectivity index (χ0v) is 13.5. The number of likely N-dealkylation sites (tertiary alicyclic amines) is 1. The van der Waals surface area contributed by atoms with Crippen molar-refractivity contribution in [2.24, 2.45) is 17.3 Å². The van der Waals surface area contributed by atoms with Crippen LogP contribution in [0.2, 0.25) is 0 Å². The van der Waals surface area contributed by atoms with E-state index in [0.29, 0.717) is 18.5 Å². The molecule has 0 aromatic heterocycles. The average Bonchev–Trinajstić information content (AvgIpc) is 2.70. The summed E-state index contributed by atoms with van der Waals surface area (Å²) < 4.78 is 0. The molecule has 1 rings (SSSR count). The Kier molecular flexibility index (Phi) is 5.19. The van der Waals surface area contributed by atoms with Crippen molar-refractivity contribution in [2.45, 2.75) is 40.2 Å². The van der Waals surface area contributed by atoms with Gasteiger partial charge in [-0.2, -0.15) is 0 Å². The predicted molar refractivity (Wildman–Crippen MR) is 78.4 cm³/mol. The van der Waals surface area contributed by atoms with Crippen molar-refractivity contribution in [2.75, 3.05) is 27.2 Å². The third kappa shape index (κ3) is 3.32. The Labute approximate surface area is 121 Å². The molecule has 116 valence electrons. The second kappa shape index (κ2) is 6.12. The normalized spacial score (nSPS) is 26.1. The Bertz CT molecular complexity index is 381. The first kappa shape index (κ1) is 17.0. The van der Waals surface area contributed by atoms with Gasteiger partial charge in [0.25, 0.3) is 0 Å². The largest absolute Gasteiger partial charge is 0.481 e. The number of hydrogen-bond donors (Lipinski definition) is 1. The molecular weight excluding hydrogens is 256 g/mol. The molecule has 1 saturated heterocycles. The molecule has 1 aliphatic rings. The number of aliphatic carboxylic acids is 1. The Morgan fingerprint density at radius 1 is 1.35 bits per heavy atom. The molecule has 1 amide bonds. The Morgan fingerprint density at radius 2 is 1.90 bits per heavy atom. The highest BCUT2D eigenvalue weighted by atomic mass is 16.4. The van der Waals surface area contributed by atoms with Gasteiger partial charge in [-0.1, -0.05) is 20.8 Å². The molecule has 0 aromatic carbocycles. The van der Waals surface area contributed by atoms with Gasteiger partial charge >= 0.3 is 5.97 Å². The SMILES string of the molecule is CC1CN(C(=O)CC(C)(C(=O)O)C(C)C)CC1N(C)C. The number of rotatable bonds is 5. The monoisotopic (exact) mass is 284 g/mol. The summed E-state index contributed by atoms with van der Waals surface area (Å²) in [5.41, 5.74) is -0.990. The number of carboxylic acid groups (broad SMARTS) is 1. The molecule has 0 radical (unpaired) electrons. The second-order valence-corrected chi connectivity index (χ2v) is 6.86. The Morgan fingerprint density at radius 3 is 2.25 bits per heavy atom. The van der Waals surface area contributed by atoms with Gasteiger partial charge in [0, 0.05) is 25.6 Å². The van der Waals surface area contributed by atoms with Crippen molar-refractivity contribution < 1.29 is 14.7 Å². The van der Waals surface area contributed by atoms with Gasteiger partial charge in [-0.05, 0) is 32.9 Å². The highest BCUT2D eigenvalue weighted by Crippen LogP contribution is 2.33. The summed E-state index contributed by atoms with van der Waals surface area (Å²) in [6, 6.07) is 0.356. The standard InChI is InChI=1S/C15H28N2O3/c1-10(2)15(4,14(19)20)7-13(18)17-8-11(3)12(9-17)16(5)6/h10-12H,7-9H2,1-6H3,(H,19,20). The zero-order valence-electron chi connectivity index (χ0n) is 13.5. The van der Waals surface area contributed by atoms with Crippen molar-refractivity contribution in [1.82, 2.24) is 9.80 Å². The topological polar surface area (TPSA) is 60.9 Å². The summed E-state index contributed by atoms with van der Waals surface area (Å²) in [6.45, 7) is 8.93. The summed E-state index contributed by atoms with van der Waals surface area (Å²) in [5, 5.41) is 9.41. The van der Waals surface area contributed by atoms with E-state index >= 15 is 0 Å². The van der Waals surface area contributed by atoms with E-state index in [1.54, 1.807) is 6.92 Å². The first-order valence-corrected chi connectivity index (χ1v) is 7.27. The number of likely N-dealkylation sites (N-methyl/N-ethyl adjacent to an activating group) is 1. The van der Waals surface area contributed by atoms with Crippen molar-refractivity contribution >= 4 is 11.9 Å². The highest BCUT2D eigenvalue weighted by molar-refractivity contribution is 5.85. The highest BCUT2D eigenvalue weighted by Gasteiger charge is 2.42. The van der Waals surface area contributed by atoms with Crippen molar-refractivity contribution in [3.8, 4) is 0 Å². The van der Waals surface area contributed by atoms with Crippen LogP contribution in [0.1, 0.15) is 34.1 Å². The smallest absolute Gasteiger partial charge is 0.310 e. The summed E-state index contributed by atoms with van der Waals surface area (Å²) in [5.74, 6) is -0.588. The minimum atomic E-state index is -0.990. The molecule has 0 spiro atoms. The number of nitrogens with zero attached hydrogens (tertiary/aromatic N) is 2. The molecular formula is C15H28N2O3. The van der Waals surface area contributed by atoms with Gasteiger partial charge in [0.1, 0.15) is 0 Å². The van der Waals surface area contributed by atoms with E-state index in [-0.39, 0.29) is 18.2 Å². The molecule has 3 unspecified atom stereocenters. The fourth-order valence-electron chi connectivity index (χ4n) is 2.78. The van der Waals surface area contributed by atoms with Crippen LogP contribution in [-0.2, 0) is 9.59 Å². The van der Waals surface area contributed by atoms with Crippen LogP contribution in [0.5, 0.6) is 0 Å². The number of amides is 1. The molecule has 5 nitrogen and oxygen atoms in total. The molecule has 0 saturated carbocycles. The molecule has 3 atom stereocenters. The Hall–Kier alpha value is -1.10. The Balaban J connectivity index is 2.75. The minimum absolute atomic E-state index is 0.0419. The van der Waals surface area contributed by atoms with Crippen LogP contribution in [0, 0.1) is 17.3 Å². The first-order chi connectivity index (χ1) is 9.09. The van der Waals surface area contributed by atoms with Gasteiger partial charge in [-0.25, -0.2) is 0 Å². The first-order valence-electron chi connectivity index (χ1n) is 7.27. The van der Waals surface area contributed by atoms with E-state index in [1.807, 2.05) is 32.8 Å². The maximum atomic E-state index is 12.4. The number of hydrogen-bond acceptors (Lipinski definition) is 3. The maximum absolute atomic E-state index is 12.4. The lowest BCUT2D eigenvalue weighted by molar-refractivity contribution is -0.155. The maximum Gasteiger partial charge on any atom is 0.310 e. The van der Waals surface area contributed by atoms with Gasteiger partial charge in [0.05, 0.1) is 5.41 Å². The summed E-state index contributed by atoms with van der Waals surface area (Å²) in [7, 11) is 4.04. The van der Waals surface area contributed by atoms with Crippen molar-refractivity contribution in [3.63, 3.8) is 0 Å². The van der Waals surface area contributed by atoms with Crippen LogP contribution >= 0.6 is 0 Å². The van der Waals surface area contributed by atoms with Crippen LogP contribution in [0.3, 0.4) is 0 Å². The van der Waals surface area contributed by atoms with Gasteiger partial charge < -0.3 is 14.9 Å². The number of carbonyl (C=O) groups excluding carboxylic acids is 1. The average molecular weight is 284 g/mol. The van der Waals surface area contributed by atoms with Crippen molar-refractivity contribution in [1.29, 1.82) is 0 Å². The van der Waals surface area contributed by atoms with Gasteiger partial charge in [-0.3, -0.25) is 9.59 Å². The van der Waals surface area contributed by atoms with E-state index < -0.39 is 11.4 Å². The van der Waals surface area contributed by atoms with Crippen molar-refractivity contribution in [3.05, 3.63) is 0 Å². The summed E-state index contributed by atoms with van der Waals surface area (Å²) in [4.78, 5) is 27.9. The molecule has 1 aliphatic heterocycles. The molecule has 0 bridgehead atoms. The quantitative estimate of drug-likeness (QED) is 0.832. The van der Waals surface area contributed by atoms with E-state index in [2.05, 4.69) is 11.8 Å². The van der Waals surface area contributed by atoms with Crippen LogP contribution < -0.4 is 0 Å². The lowest BCUT2D eigenvalue weighted by Crippen LogP contribution is -2.41. The van der Waals surface area contributed by atoms with E-state index in [4.69, 9.17) is 0 Å². The van der Waals surface area contributed by atoms with Gasteiger partial charge in [0.15, 0.2) is 0 Å². The second-order valence-electron chi connectivity index (χ2n) is 6.86. The molecule has 0 aliphatic carbocycles. The van der Waals surface area contributed by atoms with E-state index in [9.17, 15) is 14.7 Å². The van der Waals surface area contributed by atoms with Gasteiger partial charge in [0.2, 0.25) is 5.91 Å². The minimum Gasteiger partial charge on any atom is -0.481 e. The van der Waals surface area contributed by atoms with E-state index in [0.717, 1.165) is 6.54 Å². The van der Waals surface area contributed by atoms with Crippen LogP contribution in [-0.4, -0.2) is 60.0 Å². The fraction of sp³-hybridized carbons (Fsp3) is 0.867.